The van der Waals surface area contributed by atoms with Crippen LogP contribution in [0.5, 0.6) is 0 Å². The maximum atomic E-state index is 5.47. The second-order valence-electron chi connectivity index (χ2n) is 4.63. The average Bonchev–Trinajstić information content (AvgIpc) is 2.62. The van der Waals surface area contributed by atoms with Crippen LogP contribution in [0.1, 0.15) is 39.8 Å². The molecule has 1 aromatic rings. The summed E-state index contributed by atoms with van der Waals surface area (Å²) in [5.74, 6) is 0.632. The van der Waals surface area contributed by atoms with Gasteiger partial charge in [0.25, 0.3) is 0 Å². The maximum absolute atomic E-state index is 5.47. The van der Waals surface area contributed by atoms with Gasteiger partial charge in [0.1, 0.15) is 0 Å². The molecule has 4 nitrogen and oxygen atoms in total. The summed E-state index contributed by atoms with van der Waals surface area (Å²) >= 11 is 0. The van der Waals surface area contributed by atoms with Gasteiger partial charge in [-0.15, -0.1) is 5.10 Å². The van der Waals surface area contributed by atoms with Crippen molar-refractivity contribution in [1.29, 1.82) is 0 Å². The topological polar surface area (TPSA) is 39.9 Å². The van der Waals surface area contributed by atoms with Gasteiger partial charge in [0.15, 0.2) is 0 Å². The summed E-state index contributed by atoms with van der Waals surface area (Å²) in [4.78, 5) is 0. The van der Waals surface area contributed by atoms with Crippen LogP contribution in [-0.2, 0) is 17.7 Å². The van der Waals surface area contributed by atoms with E-state index in [1.165, 1.54) is 0 Å². The van der Waals surface area contributed by atoms with E-state index in [9.17, 15) is 0 Å². The summed E-state index contributed by atoms with van der Waals surface area (Å²) in [5, 5.41) is 8.26. The van der Waals surface area contributed by atoms with Crippen molar-refractivity contribution in [2.75, 3.05) is 6.61 Å². The predicted octanol–water partition coefficient (Wildman–Crippen LogP) is 2.29. The Labute approximate surface area is 98.0 Å². The van der Waals surface area contributed by atoms with Crippen LogP contribution in [0.2, 0.25) is 0 Å². The molecule has 0 fully saturated rings. The molecule has 0 aromatic carbocycles. The fourth-order valence-corrected chi connectivity index (χ4v) is 1.64. The average molecular weight is 225 g/mol. The highest BCUT2D eigenvalue weighted by Gasteiger charge is 2.05. The fourth-order valence-electron chi connectivity index (χ4n) is 1.64. The standard InChI is InChI=1S/C12H23N3O/c1-5-16-11(4)6-7-15-9-12(13-14-15)8-10(2)3/h9-11H,5-8H2,1-4H3. The van der Waals surface area contributed by atoms with Gasteiger partial charge in [-0.3, -0.25) is 4.68 Å². The molecule has 4 heteroatoms. The number of hydrogen-bond acceptors (Lipinski definition) is 3. The van der Waals surface area contributed by atoms with Gasteiger partial charge in [-0.25, -0.2) is 0 Å². The van der Waals surface area contributed by atoms with Gasteiger partial charge in [0, 0.05) is 19.3 Å². The van der Waals surface area contributed by atoms with E-state index in [2.05, 4.69) is 31.1 Å². The monoisotopic (exact) mass is 225 g/mol. The summed E-state index contributed by atoms with van der Waals surface area (Å²) in [6, 6.07) is 0. The van der Waals surface area contributed by atoms with Crippen LogP contribution in [0, 0.1) is 5.92 Å². The van der Waals surface area contributed by atoms with Crippen molar-refractivity contribution in [2.45, 2.75) is 53.2 Å². The lowest BCUT2D eigenvalue weighted by Crippen LogP contribution is -2.12. The minimum Gasteiger partial charge on any atom is -0.379 e. The molecule has 1 aromatic heterocycles. The first-order valence-electron chi connectivity index (χ1n) is 6.12. The molecule has 0 bridgehead atoms. The Kier molecular flexibility index (Phi) is 5.46. The molecule has 16 heavy (non-hydrogen) atoms. The van der Waals surface area contributed by atoms with Crippen molar-refractivity contribution in [2.24, 2.45) is 5.92 Å². The largest absolute Gasteiger partial charge is 0.379 e. The van der Waals surface area contributed by atoms with Gasteiger partial charge >= 0.3 is 0 Å². The first kappa shape index (κ1) is 13.2. The minimum absolute atomic E-state index is 0.294. The molecule has 92 valence electrons. The van der Waals surface area contributed by atoms with Gasteiger partial charge in [0.05, 0.1) is 11.8 Å². The predicted molar refractivity (Wildman–Crippen MR) is 64.3 cm³/mol. The number of ether oxygens (including phenoxy) is 1. The molecule has 0 aliphatic carbocycles. The Morgan fingerprint density at radius 3 is 2.75 bits per heavy atom. The van der Waals surface area contributed by atoms with Crippen molar-refractivity contribution >= 4 is 0 Å². The summed E-state index contributed by atoms with van der Waals surface area (Å²) < 4.78 is 7.38. The van der Waals surface area contributed by atoms with Crippen molar-refractivity contribution < 1.29 is 4.74 Å². The lowest BCUT2D eigenvalue weighted by molar-refractivity contribution is 0.0663. The lowest BCUT2D eigenvalue weighted by atomic mass is 10.1. The van der Waals surface area contributed by atoms with Crippen LogP contribution in [0.15, 0.2) is 6.20 Å². The first-order chi connectivity index (χ1) is 7.61. The third kappa shape index (κ3) is 4.75. The van der Waals surface area contributed by atoms with Crippen molar-refractivity contribution in [3.8, 4) is 0 Å². The Morgan fingerprint density at radius 2 is 2.12 bits per heavy atom. The molecule has 1 unspecified atom stereocenters. The number of aromatic nitrogens is 3. The third-order valence-corrected chi connectivity index (χ3v) is 2.42. The summed E-state index contributed by atoms with van der Waals surface area (Å²) in [6.07, 6.45) is 4.32. The highest BCUT2D eigenvalue weighted by molar-refractivity contribution is 4.93. The SMILES string of the molecule is CCOC(C)CCn1cc(CC(C)C)nn1. The summed E-state index contributed by atoms with van der Waals surface area (Å²) in [7, 11) is 0. The molecule has 0 saturated carbocycles. The van der Waals surface area contributed by atoms with Crippen LogP contribution in [0.25, 0.3) is 0 Å². The van der Waals surface area contributed by atoms with Crippen molar-refractivity contribution in [1.82, 2.24) is 15.0 Å². The number of rotatable bonds is 7. The molecule has 0 aliphatic rings. The Bertz CT molecular complexity index is 296. The smallest absolute Gasteiger partial charge is 0.0829 e. The summed E-state index contributed by atoms with van der Waals surface area (Å²) in [6.45, 7) is 10.2. The van der Waals surface area contributed by atoms with Crippen LogP contribution in [0.4, 0.5) is 0 Å². The quantitative estimate of drug-likeness (QED) is 0.715. The summed E-state index contributed by atoms with van der Waals surface area (Å²) in [5.41, 5.74) is 1.08. The van der Waals surface area contributed by atoms with E-state index in [4.69, 9.17) is 4.74 Å². The third-order valence-electron chi connectivity index (χ3n) is 2.42. The van der Waals surface area contributed by atoms with Gasteiger partial charge < -0.3 is 4.74 Å². The zero-order valence-corrected chi connectivity index (χ0v) is 10.8. The highest BCUT2D eigenvalue weighted by atomic mass is 16.5. The molecule has 0 spiro atoms. The molecular weight excluding hydrogens is 202 g/mol. The highest BCUT2D eigenvalue weighted by Crippen LogP contribution is 2.05. The zero-order chi connectivity index (χ0) is 12.0. The second kappa shape index (κ2) is 6.63. The molecule has 0 radical (unpaired) electrons. The molecule has 1 atom stereocenters. The van der Waals surface area contributed by atoms with E-state index in [1.807, 2.05) is 17.8 Å². The number of aryl methyl sites for hydroxylation is 1. The van der Waals surface area contributed by atoms with E-state index in [0.717, 1.165) is 31.7 Å². The van der Waals surface area contributed by atoms with E-state index in [1.54, 1.807) is 0 Å². The molecule has 1 rings (SSSR count). The molecule has 0 N–H and O–H groups in total. The van der Waals surface area contributed by atoms with E-state index in [-0.39, 0.29) is 0 Å². The van der Waals surface area contributed by atoms with Crippen LogP contribution < -0.4 is 0 Å². The van der Waals surface area contributed by atoms with Gasteiger partial charge in [0.2, 0.25) is 0 Å². The first-order valence-corrected chi connectivity index (χ1v) is 6.12. The van der Waals surface area contributed by atoms with Crippen molar-refractivity contribution in [3.05, 3.63) is 11.9 Å². The Balaban J connectivity index is 2.34. The second-order valence-corrected chi connectivity index (χ2v) is 4.63. The van der Waals surface area contributed by atoms with E-state index in [0.29, 0.717) is 12.0 Å². The normalized spacial score (nSPS) is 13.3. The van der Waals surface area contributed by atoms with Gasteiger partial charge in [-0.2, -0.15) is 0 Å². The van der Waals surface area contributed by atoms with Crippen molar-refractivity contribution in [3.63, 3.8) is 0 Å². The van der Waals surface area contributed by atoms with E-state index >= 15 is 0 Å². The Morgan fingerprint density at radius 1 is 1.38 bits per heavy atom. The van der Waals surface area contributed by atoms with Gasteiger partial charge in [-0.05, 0) is 32.6 Å². The number of hydrogen-bond donors (Lipinski definition) is 0. The maximum Gasteiger partial charge on any atom is 0.0829 e. The molecule has 1 heterocycles. The molecule has 0 amide bonds. The lowest BCUT2D eigenvalue weighted by Gasteiger charge is -2.10. The van der Waals surface area contributed by atoms with E-state index < -0.39 is 0 Å². The molecular formula is C12H23N3O. The molecule has 0 saturated heterocycles. The minimum atomic E-state index is 0.294. The fraction of sp³-hybridized carbons (Fsp3) is 0.833. The van der Waals surface area contributed by atoms with Gasteiger partial charge in [-0.1, -0.05) is 19.1 Å². The zero-order valence-electron chi connectivity index (χ0n) is 10.8. The molecule has 0 aliphatic heterocycles. The van der Waals surface area contributed by atoms with Crippen LogP contribution in [-0.4, -0.2) is 27.7 Å². The van der Waals surface area contributed by atoms with Crippen LogP contribution >= 0.6 is 0 Å². The van der Waals surface area contributed by atoms with Crippen LogP contribution in [0.3, 0.4) is 0 Å². The Hall–Kier alpha value is -0.900. The number of nitrogens with zero attached hydrogens (tertiary/aromatic N) is 3.